The highest BCUT2D eigenvalue weighted by molar-refractivity contribution is 9.10. The van der Waals surface area contributed by atoms with E-state index in [4.69, 9.17) is 27.9 Å². The first-order valence-electron chi connectivity index (χ1n) is 5.25. The van der Waals surface area contributed by atoms with E-state index in [9.17, 15) is 0 Å². The topological polar surface area (TPSA) is 39.4 Å². The van der Waals surface area contributed by atoms with Gasteiger partial charge in [-0.3, -0.25) is 4.40 Å². The van der Waals surface area contributed by atoms with Crippen molar-refractivity contribution in [2.75, 3.05) is 0 Å². The molecule has 7 heteroatoms. The second-order valence-corrected chi connectivity index (χ2v) is 5.36. The molecule has 3 aromatic rings. The molecule has 0 aliphatic carbocycles. The van der Waals surface area contributed by atoms with Crippen LogP contribution in [0.3, 0.4) is 0 Å². The van der Waals surface area contributed by atoms with E-state index in [0.717, 1.165) is 0 Å². The highest BCUT2D eigenvalue weighted by atomic mass is 79.9. The number of fused-ring (bicyclic) bond motifs is 1. The summed E-state index contributed by atoms with van der Waals surface area (Å²) in [7, 11) is 0. The van der Waals surface area contributed by atoms with Crippen LogP contribution < -0.4 is 4.74 Å². The number of ether oxygens (including phenoxy) is 1. The van der Waals surface area contributed by atoms with E-state index in [0.29, 0.717) is 31.9 Å². The van der Waals surface area contributed by atoms with Crippen molar-refractivity contribution in [1.29, 1.82) is 0 Å². The van der Waals surface area contributed by atoms with Gasteiger partial charge in [0.05, 0.1) is 5.02 Å². The molecular formula is C12H6BrCl2N3O. The number of benzene rings is 1. The second-order valence-electron chi connectivity index (χ2n) is 3.70. The Bertz CT molecular complexity index is 760. The van der Waals surface area contributed by atoms with Crippen LogP contribution in [-0.2, 0) is 0 Å². The normalized spacial score (nSPS) is 10.9. The van der Waals surface area contributed by atoms with Gasteiger partial charge in [0.2, 0.25) is 5.65 Å². The molecule has 0 saturated heterocycles. The third-order valence-electron chi connectivity index (χ3n) is 2.41. The van der Waals surface area contributed by atoms with Crippen LogP contribution in [0.15, 0.2) is 41.4 Å². The van der Waals surface area contributed by atoms with Crippen molar-refractivity contribution in [2.45, 2.75) is 0 Å². The minimum absolute atomic E-state index is 0.351. The molecule has 0 unspecified atom stereocenters. The first kappa shape index (κ1) is 12.7. The van der Waals surface area contributed by atoms with E-state index in [2.05, 4.69) is 25.9 Å². The third-order valence-corrected chi connectivity index (χ3v) is 3.34. The molecule has 2 aromatic heterocycles. The first-order valence-corrected chi connectivity index (χ1v) is 6.80. The Morgan fingerprint density at radius 2 is 2.11 bits per heavy atom. The van der Waals surface area contributed by atoms with Gasteiger partial charge in [-0.15, -0.1) is 0 Å². The smallest absolute Gasteiger partial charge is 0.265 e. The van der Waals surface area contributed by atoms with Gasteiger partial charge < -0.3 is 4.74 Å². The average Bonchev–Trinajstić information content (AvgIpc) is 2.82. The lowest BCUT2D eigenvalue weighted by atomic mass is 10.3. The summed E-state index contributed by atoms with van der Waals surface area (Å²) in [6.07, 6.45) is 5.25. The molecular weight excluding hydrogens is 353 g/mol. The number of hydrogen-bond donors (Lipinski definition) is 0. The Hall–Kier alpha value is -1.30. The number of imidazole rings is 1. The number of halogens is 3. The van der Waals surface area contributed by atoms with Crippen molar-refractivity contribution in [2.24, 2.45) is 0 Å². The minimum Gasteiger partial charge on any atom is -0.434 e. The Morgan fingerprint density at radius 1 is 1.26 bits per heavy atom. The third kappa shape index (κ3) is 2.54. The lowest BCUT2D eigenvalue weighted by Gasteiger charge is -2.08. The standard InChI is InChI=1S/C12H6BrCl2N3O/c13-10-6-18-4-3-16-11(18)12(17-10)19-9-5-7(14)1-2-8(9)15/h1-6H. The van der Waals surface area contributed by atoms with E-state index in [-0.39, 0.29) is 0 Å². The van der Waals surface area contributed by atoms with Crippen molar-refractivity contribution in [3.05, 3.63) is 51.4 Å². The molecule has 19 heavy (non-hydrogen) atoms. The lowest BCUT2D eigenvalue weighted by molar-refractivity contribution is 0.464. The Kier molecular flexibility index (Phi) is 3.35. The number of rotatable bonds is 2. The summed E-state index contributed by atoms with van der Waals surface area (Å²) in [4.78, 5) is 8.44. The maximum Gasteiger partial charge on any atom is 0.265 e. The quantitative estimate of drug-likeness (QED) is 0.672. The molecule has 3 rings (SSSR count). The SMILES string of the molecule is Clc1ccc(Cl)c(Oc2nc(Br)cn3ccnc23)c1. The predicted molar refractivity (Wildman–Crippen MR) is 77.2 cm³/mol. The lowest BCUT2D eigenvalue weighted by Crippen LogP contribution is -1.95. The maximum absolute atomic E-state index is 6.06. The molecule has 0 fully saturated rings. The predicted octanol–water partition coefficient (Wildman–Crippen LogP) is 4.59. The van der Waals surface area contributed by atoms with Crippen molar-refractivity contribution in [3.8, 4) is 11.6 Å². The van der Waals surface area contributed by atoms with Crippen LogP contribution in [0.5, 0.6) is 11.6 Å². The highest BCUT2D eigenvalue weighted by Crippen LogP contribution is 2.32. The summed E-state index contributed by atoms with van der Waals surface area (Å²) in [5, 5.41) is 0.990. The molecule has 0 radical (unpaired) electrons. The monoisotopic (exact) mass is 357 g/mol. The number of nitrogens with zero attached hydrogens (tertiary/aromatic N) is 3. The van der Waals surface area contributed by atoms with E-state index in [1.807, 2.05) is 0 Å². The van der Waals surface area contributed by atoms with Gasteiger partial charge in [0.1, 0.15) is 10.4 Å². The fraction of sp³-hybridized carbons (Fsp3) is 0. The van der Waals surface area contributed by atoms with E-state index in [1.54, 1.807) is 41.2 Å². The van der Waals surface area contributed by atoms with Crippen LogP contribution in [0.25, 0.3) is 5.65 Å². The largest absolute Gasteiger partial charge is 0.434 e. The summed E-state index contributed by atoms with van der Waals surface area (Å²) < 4.78 is 8.13. The van der Waals surface area contributed by atoms with Crippen LogP contribution in [0, 0.1) is 0 Å². The molecule has 0 atom stereocenters. The van der Waals surface area contributed by atoms with E-state index >= 15 is 0 Å². The molecule has 2 heterocycles. The van der Waals surface area contributed by atoms with E-state index < -0.39 is 0 Å². The van der Waals surface area contributed by atoms with Gasteiger partial charge in [-0.05, 0) is 28.1 Å². The highest BCUT2D eigenvalue weighted by Gasteiger charge is 2.11. The van der Waals surface area contributed by atoms with Crippen LogP contribution in [-0.4, -0.2) is 14.4 Å². The van der Waals surface area contributed by atoms with Gasteiger partial charge in [0.25, 0.3) is 5.88 Å². The zero-order valence-electron chi connectivity index (χ0n) is 9.35. The van der Waals surface area contributed by atoms with Crippen LogP contribution in [0.1, 0.15) is 0 Å². The van der Waals surface area contributed by atoms with Crippen molar-refractivity contribution < 1.29 is 4.74 Å². The summed E-state index contributed by atoms with van der Waals surface area (Å²) in [5.74, 6) is 0.785. The molecule has 1 aromatic carbocycles. The summed E-state index contributed by atoms with van der Waals surface area (Å²) in [6, 6.07) is 4.99. The van der Waals surface area contributed by atoms with Gasteiger partial charge in [0, 0.05) is 29.7 Å². The van der Waals surface area contributed by atoms with Crippen molar-refractivity contribution in [3.63, 3.8) is 0 Å². The van der Waals surface area contributed by atoms with Gasteiger partial charge in [-0.2, -0.15) is 0 Å². The average molecular weight is 359 g/mol. The fourth-order valence-electron chi connectivity index (χ4n) is 1.60. The number of hydrogen-bond acceptors (Lipinski definition) is 3. The van der Waals surface area contributed by atoms with Crippen LogP contribution in [0.4, 0.5) is 0 Å². The second kappa shape index (κ2) is 5.00. The molecule has 0 saturated carbocycles. The van der Waals surface area contributed by atoms with Gasteiger partial charge >= 0.3 is 0 Å². The zero-order valence-corrected chi connectivity index (χ0v) is 12.4. The molecule has 0 bridgehead atoms. The Balaban J connectivity index is 2.10. The molecule has 0 spiro atoms. The van der Waals surface area contributed by atoms with Gasteiger partial charge in [-0.25, -0.2) is 9.97 Å². The molecule has 4 nitrogen and oxygen atoms in total. The molecule has 96 valence electrons. The van der Waals surface area contributed by atoms with Crippen LogP contribution >= 0.6 is 39.1 Å². The van der Waals surface area contributed by atoms with Crippen LogP contribution in [0.2, 0.25) is 10.0 Å². The molecule has 0 aliphatic rings. The molecule has 0 aliphatic heterocycles. The molecule has 0 amide bonds. The van der Waals surface area contributed by atoms with Gasteiger partial charge in [-0.1, -0.05) is 23.2 Å². The molecule has 0 N–H and O–H groups in total. The first-order chi connectivity index (χ1) is 9.13. The zero-order chi connectivity index (χ0) is 13.4. The van der Waals surface area contributed by atoms with E-state index in [1.165, 1.54) is 0 Å². The Morgan fingerprint density at radius 3 is 2.95 bits per heavy atom. The van der Waals surface area contributed by atoms with Crippen molar-refractivity contribution in [1.82, 2.24) is 14.4 Å². The summed E-state index contributed by atoms with van der Waals surface area (Å²) >= 11 is 15.3. The summed E-state index contributed by atoms with van der Waals surface area (Å²) in [6.45, 7) is 0. The minimum atomic E-state index is 0.351. The Labute approximate surface area is 127 Å². The number of aromatic nitrogens is 3. The summed E-state index contributed by atoms with van der Waals surface area (Å²) in [5.41, 5.74) is 0.597. The van der Waals surface area contributed by atoms with Gasteiger partial charge in [0.15, 0.2) is 0 Å². The van der Waals surface area contributed by atoms with Crippen molar-refractivity contribution >= 4 is 44.8 Å². The maximum atomic E-state index is 6.06. The fourth-order valence-corrected chi connectivity index (χ4v) is 2.30.